The molecule has 0 saturated carbocycles. The molecule has 0 bridgehead atoms. The van der Waals surface area contributed by atoms with Gasteiger partial charge < -0.3 is 15.9 Å². The van der Waals surface area contributed by atoms with Gasteiger partial charge in [-0.3, -0.25) is 9.89 Å². The Kier molecular flexibility index (Phi) is 6.18. The summed E-state index contributed by atoms with van der Waals surface area (Å²) in [4.78, 5) is 16.3. The van der Waals surface area contributed by atoms with E-state index in [9.17, 15) is 4.79 Å². The number of hydrogen-bond donors (Lipinski definition) is 3. The summed E-state index contributed by atoms with van der Waals surface area (Å²) in [5, 5.41) is 18.5. The molecule has 3 heterocycles. The van der Waals surface area contributed by atoms with Crippen LogP contribution in [0, 0.1) is 0 Å². The smallest absolute Gasteiger partial charge is 0.236 e. The van der Waals surface area contributed by atoms with E-state index in [2.05, 4.69) is 46.6 Å². The van der Waals surface area contributed by atoms with Gasteiger partial charge in [0.15, 0.2) is 0 Å². The van der Waals surface area contributed by atoms with Crippen LogP contribution >= 0.6 is 27.7 Å². The minimum atomic E-state index is -0.229. The molecule has 0 unspecified atom stereocenters. The number of aromatic nitrogens is 6. The molecular formula is C19H17BrN8O2S. The number of thioether (sulfide) groups is 1. The number of nitrogen functional groups attached to an aromatic ring is 1. The first-order chi connectivity index (χ1) is 15.0. The van der Waals surface area contributed by atoms with Gasteiger partial charge in [-0.15, -0.1) is 10.2 Å². The quantitative estimate of drug-likeness (QED) is 0.260. The van der Waals surface area contributed by atoms with Crippen LogP contribution in [0.1, 0.15) is 0 Å². The second-order valence-electron chi connectivity index (χ2n) is 6.27. The molecule has 12 heteroatoms. The van der Waals surface area contributed by atoms with Crippen molar-refractivity contribution < 1.29 is 9.53 Å². The highest BCUT2D eigenvalue weighted by Gasteiger charge is 2.16. The van der Waals surface area contributed by atoms with Gasteiger partial charge in [-0.25, -0.2) is 9.66 Å². The maximum absolute atomic E-state index is 12.2. The number of aromatic amines is 1. The molecule has 4 aromatic rings. The predicted molar refractivity (Wildman–Crippen MR) is 121 cm³/mol. The Balaban J connectivity index is 1.41. The molecular weight excluding hydrogens is 484 g/mol. The molecule has 4 rings (SSSR count). The largest absolute Gasteiger partial charge is 0.497 e. The lowest BCUT2D eigenvalue weighted by Crippen LogP contribution is -2.17. The van der Waals surface area contributed by atoms with Crippen molar-refractivity contribution in [2.75, 3.05) is 24.0 Å². The third-order valence-electron chi connectivity index (χ3n) is 4.20. The summed E-state index contributed by atoms with van der Waals surface area (Å²) in [7, 11) is 1.62. The molecule has 1 amide bonds. The second-order valence-corrected chi connectivity index (χ2v) is 8.13. The zero-order chi connectivity index (χ0) is 21.8. The zero-order valence-electron chi connectivity index (χ0n) is 16.2. The highest BCUT2D eigenvalue weighted by atomic mass is 79.9. The van der Waals surface area contributed by atoms with E-state index in [1.165, 1.54) is 16.4 Å². The number of amides is 1. The maximum atomic E-state index is 12.2. The molecule has 4 N–H and O–H groups in total. The lowest BCUT2D eigenvalue weighted by atomic mass is 10.1. The van der Waals surface area contributed by atoms with Gasteiger partial charge in [0.25, 0.3) is 0 Å². The first-order valence-electron chi connectivity index (χ1n) is 8.98. The first-order valence-corrected chi connectivity index (χ1v) is 10.8. The summed E-state index contributed by atoms with van der Waals surface area (Å²) >= 11 is 4.47. The van der Waals surface area contributed by atoms with Gasteiger partial charge in [-0.2, -0.15) is 5.10 Å². The van der Waals surface area contributed by atoms with Crippen molar-refractivity contribution in [1.82, 2.24) is 30.1 Å². The number of H-pyrrole nitrogens is 1. The average Bonchev–Trinajstić information content (AvgIpc) is 3.41. The number of anilines is 1. The van der Waals surface area contributed by atoms with Gasteiger partial charge in [0.05, 0.1) is 18.6 Å². The normalized spacial score (nSPS) is 10.8. The molecule has 10 nitrogen and oxygen atoms in total. The number of ether oxygens (including phenoxy) is 1. The fourth-order valence-electron chi connectivity index (χ4n) is 2.66. The topological polar surface area (TPSA) is 137 Å². The van der Waals surface area contributed by atoms with E-state index in [4.69, 9.17) is 10.6 Å². The number of nitrogens with two attached hydrogens (primary N) is 1. The molecule has 3 aromatic heterocycles. The molecule has 158 valence electrons. The van der Waals surface area contributed by atoms with Crippen LogP contribution in [0.5, 0.6) is 5.75 Å². The minimum absolute atomic E-state index is 0.104. The first kappa shape index (κ1) is 20.9. The summed E-state index contributed by atoms with van der Waals surface area (Å²) in [6, 6.07) is 12.9. The van der Waals surface area contributed by atoms with Gasteiger partial charge in [0.2, 0.25) is 16.9 Å². The van der Waals surface area contributed by atoms with Crippen molar-refractivity contribution in [2.45, 2.75) is 5.16 Å². The van der Waals surface area contributed by atoms with Gasteiger partial charge in [-0.1, -0.05) is 11.8 Å². The Morgan fingerprint density at radius 3 is 2.77 bits per heavy atom. The summed E-state index contributed by atoms with van der Waals surface area (Å²) in [5.41, 5.74) is 2.26. The summed E-state index contributed by atoms with van der Waals surface area (Å²) in [6.07, 6.45) is 1.61. The molecule has 0 saturated heterocycles. The molecule has 0 atom stereocenters. The van der Waals surface area contributed by atoms with Gasteiger partial charge in [-0.05, 0) is 58.4 Å². The number of halogens is 1. The number of nitrogens with one attached hydrogen (secondary N) is 2. The number of nitrogens with zero attached hydrogens (tertiary/aromatic N) is 5. The molecule has 0 radical (unpaired) electrons. The van der Waals surface area contributed by atoms with Crippen molar-refractivity contribution in [3.05, 3.63) is 53.1 Å². The zero-order valence-corrected chi connectivity index (χ0v) is 18.6. The summed E-state index contributed by atoms with van der Waals surface area (Å²) < 4.78 is 7.32. The lowest BCUT2D eigenvalue weighted by molar-refractivity contribution is -0.113. The standard InChI is InChI=1S/C19H17BrN8O2S/c1-30-13-5-2-11(3-6-13)14-8-15(25-24-14)18-26-27-19(28(18)21)31-10-17(29)23-16-7-4-12(20)9-22-16/h2-9H,10,21H2,1H3,(H,24,25)(H,22,23,29). The Morgan fingerprint density at radius 2 is 2.06 bits per heavy atom. The summed E-state index contributed by atoms with van der Waals surface area (Å²) in [6.45, 7) is 0. The van der Waals surface area contributed by atoms with Gasteiger partial charge in [0, 0.05) is 16.2 Å². The fraction of sp³-hybridized carbons (Fsp3) is 0.105. The van der Waals surface area contributed by atoms with Crippen molar-refractivity contribution in [1.29, 1.82) is 0 Å². The van der Waals surface area contributed by atoms with E-state index in [1.54, 1.807) is 25.4 Å². The minimum Gasteiger partial charge on any atom is -0.497 e. The van der Waals surface area contributed by atoms with Crippen LogP contribution in [-0.4, -0.2) is 48.8 Å². The number of pyridine rings is 1. The maximum Gasteiger partial charge on any atom is 0.236 e. The molecule has 1 aromatic carbocycles. The number of carbonyl (C=O) groups is 1. The fourth-order valence-corrected chi connectivity index (χ4v) is 3.55. The van der Waals surface area contributed by atoms with E-state index in [-0.39, 0.29) is 11.7 Å². The third-order valence-corrected chi connectivity index (χ3v) is 5.61. The van der Waals surface area contributed by atoms with Crippen molar-refractivity contribution in [3.8, 4) is 28.5 Å². The Morgan fingerprint density at radius 1 is 1.26 bits per heavy atom. The highest BCUT2D eigenvalue weighted by Crippen LogP contribution is 2.26. The number of carbonyl (C=O) groups excluding carboxylic acids is 1. The van der Waals surface area contributed by atoms with Crippen LogP contribution in [0.4, 0.5) is 5.82 Å². The van der Waals surface area contributed by atoms with E-state index >= 15 is 0 Å². The van der Waals surface area contributed by atoms with Crippen LogP contribution in [0.15, 0.2) is 58.3 Å². The summed E-state index contributed by atoms with van der Waals surface area (Å²) in [5.74, 6) is 7.65. The second kappa shape index (κ2) is 9.18. The van der Waals surface area contributed by atoms with Crippen molar-refractivity contribution >= 4 is 39.4 Å². The Hall–Kier alpha value is -3.38. The predicted octanol–water partition coefficient (Wildman–Crippen LogP) is 2.95. The van der Waals surface area contributed by atoms with E-state index < -0.39 is 0 Å². The van der Waals surface area contributed by atoms with E-state index in [0.29, 0.717) is 22.5 Å². The van der Waals surface area contributed by atoms with E-state index in [0.717, 1.165) is 21.5 Å². The third kappa shape index (κ3) is 4.86. The number of rotatable bonds is 7. The van der Waals surface area contributed by atoms with E-state index in [1.807, 2.05) is 30.3 Å². The number of methoxy groups -OCH3 is 1. The number of hydrogen-bond acceptors (Lipinski definition) is 8. The van der Waals surface area contributed by atoms with Gasteiger partial charge >= 0.3 is 0 Å². The molecule has 0 spiro atoms. The van der Waals surface area contributed by atoms with Crippen LogP contribution in [-0.2, 0) is 4.79 Å². The van der Waals surface area contributed by atoms with Crippen LogP contribution < -0.4 is 15.9 Å². The van der Waals surface area contributed by atoms with Crippen molar-refractivity contribution in [3.63, 3.8) is 0 Å². The number of benzene rings is 1. The Labute approximate surface area is 189 Å². The van der Waals surface area contributed by atoms with Crippen LogP contribution in [0.3, 0.4) is 0 Å². The monoisotopic (exact) mass is 500 g/mol. The van der Waals surface area contributed by atoms with Crippen LogP contribution in [0.25, 0.3) is 22.8 Å². The lowest BCUT2D eigenvalue weighted by Gasteiger charge is -2.04. The average molecular weight is 501 g/mol. The molecule has 0 fully saturated rings. The molecule has 0 aliphatic rings. The Bertz CT molecular complexity index is 1190. The highest BCUT2D eigenvalue weighted by molar-refractivity contribution is 9.10. The SMILES string of the molecule is COc1ccc(-c2cc(-c3nnc(SCC(=O)Nc4ccc(Br)cn4)n3N)[nH]n2)cc1. The molecule has 31 heavy (non-hydrogen) atoms. The van der Waals surface area contributed by atoms with Gasteiger partial charge in [0.1, 0.15) is 17.3 Å². The van der Waals surface area contributed by atoms with Crippen LogP contribution in [0.2, 0.25) is 0 Å². The molecule has 0 aliphatic carbocycles. The molecule has 0 aliphatic heterocycles. The van der Waals surface area contributed by atoms with Crippen molar-refractivity contribution in [2.24, 2.45) is 0 Å².